The van der Waals surface area contributed by atoms with Gasteiger partial charge in [0.2, 0.25) is 0 Å². The van der Waals surface area contributed by atoms with E-state index in [1.54, 1.807) is 12.1 Å². The predicted molar refractivity (Wildman–Crippen MR) is 79.8 cm³/mol. The second-order valence-electron chi connectivity index (χ2n) is 5.41. The van der Waals surface area contributed by atoms with Gasteiger partial charge in [-0.25, -0.2) is 0 Å². The Balaban J connectivity index is 2.29. The van der Waals surface area contributed by atoms with Gasteiger partial charge in [-0.2, -0.15) is 0 Å². The largest absolute Gasteiger partial charge is 0.573 e. The average Bonchev–Trinajstić information content (AvgIpc) is 2.36. The van der Waals surface area contributed by atoms with Gasteiger partial charge in [0.25, 0.3) is 0 Å². The molecule has 0 aromatic heterocycles. The van der Waals surface area contributed by atoms with E-state index in [0.29, 0.717) is 0 Å². The molecule has 0 radical (unpaired) electrons. The van der Waals surface area contributed by atoms with E-state index in [1.807, 2.05) is 32.9 Å². The molecular formula is C17H18F3NO. The topological polar surface area (TPSA) is 35.2 Å². The summed E-state index contributed by atoms with van der Waals surface area (Å²) in [6.07, 6.45) is -4.69. The predicted octanol–water partition coefficient (Wildman–Crippen LogP) is 4.56. The molecule has 0 heterocycles. The van der Waals surface area contributed by atoms with Crippen molar-refractivity contribution >= 4 is 0 Å². The molecule has 118 valence electrons. The molecule has 0 amide bonds. The molecule has 0 unspecified atom stereocenters. The van der Waals surface area contributed by atoms with Gasteiger partial charge in [0, 0.05) is 0 Å². The highest BCUT2D eigenvalue weighted by atomic mass is 19.4. The zero-order valence-electron chi connectivity index (χ0n) is 12.7. The van der Waals surface area contributed by atoms with Gasteiger partial charge < -0.3 is 10.5 Å². The zero-order chi connectivity index (χ0) is 16.5. The van der Waals surface area contributed by atoms with Gasteiger partial charge in [-0.15, -0.1) is 13.2 Å². The summed E-state index contributed by atoms with van der Waals surface area (Å²) in [5.41, 5.74) is 11.3. The van der Waals surface area contributed by atoms with Crippen molar-refractivity contribution in [3.05, 3.63) is 64.2 Å². The summed E-state index contributed by atoms with van der Waals surface area (Å²) in [6, 6.07) is 9.38. The van der Waals surface area contributed by atoms with E-state index < -0.39 is 6.36 Å². The van der Waals surface area contributed by atoms with Crippen LogP contribution in [0.25, 0.3) is 0 Å². The van der Waals surface area contributed by atoms with E-state index in [2.05, 4.69) is 4.74 Å². The fraction of sp³-hybridized carbons (Fsp3) is 0.294. The standard InChI is InChI=1S/C17H18F3NO/c1-10-8-11(2)15(12(3)9-10)16(21)13-4-6-14(7-5-13)22-17(18,19)20/h4-9,16H,21H2,1-3H3/t16-/m0/s1. The molecule has 0 aliphatic carbocycles. The normalized spacial score (nSPS) is 13.0. The lowest BCUT2D eigenvalue weighted by atomic mass is 9.90. The molecule has 0 saturated carbocycles. The Morgan fingerprint density at radius 2 is 1.45 bits per heavy atom. The number of alkyl halides is 3. The highest BCUT2D eigenvalue weighted by molar-refractivity contribution is 5.44. The molecule has 0 aliphatic rings. The van der Waals surface area contributed by atoms with Crippen LogP contribution in [-0.4, -0.2) is 6.36 Å². The Labute approximate surface area is 127 Å². The van der Waals surface area contributed by atoms with Gasteiger partial charge in [0.05, 0.1) is 6.04 Å². The molecular weight excluding hydrogens is 291 g/mol. The molecule has 2 nitrogen and oxygen atoms in total. The summed E-state index contributed by atoms with van der Waals surface area (Å²) in [7, 11) is 0. The molecule has 0 saturated heterocycles. The summed E-state index contributed by atoms with van der Waals surface area (Å²) < 4.78 is 40.4. The van der Waals surface area contributed by atoms with E-state index >= 15 is 0 Å². The van der Waals surface area contributed by atoms with Crippen molar-refractivity contribution < 1.29 is 17.9 Å². The monoisotopic (exact) mass is 309 g/mol. The van der Waals surface area contributed by atoms with E-state index in [4.69, 9.17) is 5.73 Å². The molecule has 2 aromatic carbocycles. The number of hydrogen-bond acceptors (Lipinski definition) is 2. The SMILES string of the molecule is Cc1cc(C)c([C@@H](N)c2ccc(OC(F)(F)F)cc2)c(C)c1. The van der Waals surface area contributed by atoms with Crippen LogP contribution in [0.3, 0.4) is 0 Å². The number of rotatable bonds is 3. The van der Waals surface area contributed by atoms with E-state index in [1.165, 1.54) is 12.1 Å². The summed E-state index contributed by atoms with van der Waals surface area (Å²) in [5.74, 6) is -0.249. The summed E-state index contributed by atoms with van der Waals surface area (Å²) in [6.45, 7) is 5.98. The molecule has 0 spiro atoms. The fourth-order valence-electron chi connectivity index (χ4n) is 2.73. The van der Waals surface area contributed by atoms with Gasteiger partial charge >= 0.3 is 6.36 Å². The van der Waals surface area contributed by atoms with Crippen LogP contribution in [0.2, 0.25) is 0 Å². The summed E-state index contributed by atoms with van der Waals surface area (Å²) >= 11 is 0. The molecule has 0 aliphatic heterocycles. The molecule has 0 fully saturated rings. The second-order valence-corrected chi connectivity index (χ2v) is 5.41. The van der Waals surface area contributed by atoms with E-state index in [9.17, 15) is 13.2 Å². The third-order valence-corrected chi connectivity index (χ3v) is 3.52. The minimum atomic E-state index is -4.69. The van der Waals surface area contributed by atoms with Crippen molar-refractivity contribution in [2.24, 2.45) is 5.73 Å². The number of halogens is 3. The van der Waals surface area contributed by atoms with Crippen LogP contribution in [-0.2, 0) is 0 Å². The highest BCUT2D eigenvalue weighted by Gasteiger charge is 2.31. The van der Waals surface area contributed by atoms with Crippen LogP contribution in [0.1, 0.15) is 33.9 Å². The van der Waals surface area contributed by atoms with Gasteiger partial charge in [-0.3, -0.25) is 0 Å². The summed E-state index contributed by atoms with van der Waals surface area (Å²) in [5, 5.41) is 0. The van der Waals surface area contributed by atoms with Gasteiger partial charge in [-0.05, 0) is 55.2 Å². The maximum atomic E-state index is 12.2. The highest BCUT2D eigenvalue weighted by Crippen LogP contribution is 2.29. The van der Waals surface area contributed by atoms with E-state index in [0.717, 1.165) is 27.8 Å². The van der Waals surface area contributed by atoms with E-state index in [-0.39, 0.29) is 11.8 Å². The first-order chi connectivity index (χ1) is 10.2. The lowest BCUT2D eigenvalue weighted by Crippen LogP contribution is -2.18. The quantitative estimate of drug-likeness (QED) is 0.902. The minimum absolute atomic E-state index is 0.249. The van der Waals surface area contributed by atoms with Crippen LogP contribution in [0.5, 0.6) is 5.75 Å². The Kier molecular flexibility index (Phi) is 4.47. The van der Waals surface area contributed by atoms with Crippen molar-refractivity contribution in [3.63, 3.8) is 0 Å². The Morgan fingerprint density at radius 3 is 1.91 bits per heavy atom. The van der Waals surface area contributed by atoms with Crippen molar-refractivity contribution in [2.45, 2.75) is 33.2 Å². The zero-order valence-corrected chi connectivity index (χ0v) is 12.7. The maximum absolute atomic E-state index is 12.2. The van der Waals surface area contributed by atoms with Crippen LogP contribution in [0.4, 0.5) is 13.2 Å². The van der Waals surface area contributed by atoms with Crippen molar-refractivity contribution in [1.82, 2.24) is 0 Å². The molecule has 1 atom stereocenters. The van der Waals surface area contributed by atoms with Crippen LogP contribution < -0.4 is 10.5 Å². The Hall–Kier alpha value is -2.01. The molecule has 22 heavy (non-hydrogen) atoms. The first kappa shape index (κ1) is 16.4. The maximum Gasteiger partial charge on any atom is 0.573 e. The molecule has 5 heteroatoms. The first-order valence-electron chi connectivity index (χ1n) is 6.86. The van der Waals surface area contributed by atoms with Crippen LogP contribution >= 0.6 is 0 Å². The molecule has 2 N–H and O–H groups in total. The van der Waals surface area contributed by atoms with Gasteiger partial charge in [0.15, 0.2) is 0 Å². The van der Waals surface area contributed by atoms with Crippen molar-refractivity contribution in [1.29, 1.82) is 0 Å². The third kappa shape index (κ3) is 3.80. The third-order valence-electron chi connectivity index (χ3n) is 3.52. The van der Waals surface area contributed by atoms with Crippen molar-refractivity contribution in [3.8, 4) is 5.75 Å². The van der Waals surface area contributed by atoms with Crippen LogP contribution in [0.15, 0.2) is 36.4 Å². The molecule has 0 bridgehead atoms. The number of hydrogen-bond donors (Lipinski definition) is 1. The Morgan fingerprint density at radius 1 is 0.955 bits per heavy atom. The second kappa shape index (κ2) is 6.01. The Bertz CT molecular complexity index is 640. The fourth-order valence-corrected chi connectivity index (χ4v) is 2.73. The summed E-state index contributed by atoms with van der Waals surface area (Å²) in [4.78, 5) is 0. The number of nitrogens with two attached hydrogens (primary N) is 1. The van der Waals surface area contributed by atoms with Crippen molar-refractivity contribution in [2.75, 3.05) is 0 Å². The number of ether oxygens (including phenoxy) is 1. The number of benzene rings is 2. The lowest BCUT2D eigenvalue weighted by molar-refractivity contribution is -0.274. The molecule has 2 aromatic rings. The van der Waals surface area contributed by atoms with Gasteiger partial charge in [-0.1, -0.05) is 29.8 Å². The van der Waals surface area contributed by atoms with Gasteiger partial charge in [0.1, 0.15) is 5.75 Å². The minimum Gasteiger partial charge on any atom is -0.406 e. The smallest absolute Gasteiger partial charge is 0.406 e. The lowest BCUT2D eigenvalue weighted by Gasteiger charge is -2.19. The molecule has 2 rings (SSSR count). The van der Waals surface area contributed by atoms with Crippen LogP contribution in [0, 0.1) is 20.8 Å². The first-order valence-corrected chi connectivity index (χ1v) is 6.86. The average molecular weight is 309 g/mol. The number of aryl methyl sites for hydroxylation is 3.